The Balaban J connectivity index is 3.35. The summed E-state index contributed by atoms with van der Waals surface area (Å²) in [7, 11) is -0.0263. The van der Waals surface area contributed by atoms with E-state index >= 15 is 0 Å². The number of methoxy groups -OCH3 is 1. The van der Waals surface area contributed by atoms with Gasteiger partial charge in [-0.25, -0.2) is 0 Å². The first-order valence-electron chi connectivity index (χ1n) is 3.46. The van der Waals surface area contributed by atoms with Gasteiger partial charge in [0, 0.05) is 9.03 Å². The van der Waals surface area contributed by atoms with E-state index in [0.717, 1.165) is 3.57 Å². The molecule has 0 spiro atoms. The zero-order chi connectivity index (χ0) is 10.0. The second-order valence-electron chi connectivity index (χ2n) is 2.35. The zero-order valence-electron chi connectivity index (χ0n) is 6.79. The molecule has 0 saturated carbocycles. The van der Waals surface area contributed by atoms with Crippen LogP contribution in [0.3, 0.4) is 0 Å². The van der Waals surface area contributed by atoms with Gasteiger partial charge >= 0.3 is 7.12 Å². The van der Waals surface area contributed by atoms with Crippen molar-refractivity contribution in [3.05, 3.63) is 20.2 Å². The molecule has 0 fully saturated rings. The smallest absolute Gasteiger partial charge is 0.493 e. The van der Waals surface area contributed by atoms with Gasteiger partial charge in [0.1, 0.15) is 5.75 Å². The molecule has 0 radical (unpaired) electrons. The number of hydrogen-bond acceptors (Lipinski definition) is 3. The Bertz CT molecular complexity index is 319. The molecule has 0 heterocycles. The molecule has 0 saturated heterocycles. The molecule has 0 aliphatic carbocycles. The van der Waals surface area contributed by atoms with Gasteiger partial charge in [-0.1, -0.05) is 0 Å². The minimum Gasteiger partial charge on any atom is -0.496 e. The number of hydrogen-bond donors (Lipinski definition) is 2. The maximum Gasteiger partial charge on any atom is 0.493 e. The van der Waals surface area contributed by atoms with Crippen molar-refractivity contribution in [2.75, 3.05) is 7.11 Å². The number of ether oxygens (including phenoxy) is 1. The van der Waals surface area contributed by atoms with Crippen molar-refractivity contribution in [3.63, 3.8) is 0 Å². The number of benzene rings is 1. The molecule has 0 atom stereocenters. The average Bonchev–Trinajstić information content (AvgIpc) is 2.07. The second kappa shape index (κ2) is 4.63. The van der Waals surface area contributed by atoms with Gasteiger partial charge in [-0.3, -0.25) is 0 Å². The quantitative estimate of drug-likeness (QED) is 0.607. The molecule has 1 aromatic carbocycles. The lowest BCUT2D eigenvalue weighted by atomic mass is 9.79. The van der Waals surface area contributed by atoms with Crippen LogP contribution in [0.4, 0.5) is 0 Å². The average molecular weight is 357 g/mol. The minimum atomic E-state index is -1.51. The first-order valence-corrected chi connectivity index (χ1v) is 5.33. The molecule has 6 heteroatoms. The Labute approximate surface area is 98.5 Å². The van der Waals surface area contributed by atoms with Crippen molar-refractivity contribution in [2.45, 2.75) is 0 Å². The summed E-state index contributed by atoms with van der Waals surface area (Å²) in [4.78, 5) is 0. The molecule has 0 aromatic heterocycles. The lowest BCUT2D eigenvalue weighted by Gasteiger charge is -2.11. The summed E-state index contributed by atoms with van der Waals surface area (Å²) in [6.45, 7) is 0. The number of halogens is 2. The van der Waals surface area contributed by atoms with Crippen LogP contribution in [-0.2, 0) is 0 Å². The Kier molecular flexibility index (Phi) is 4.02. The van der Waals surface area contributed by atoms with Gasteiger partial charge in [0.2, 0.25) is 0 Å². The first kappa shape index (κ1) is 11.3. The molecule has 0 bridgehead atoms. The fraction of sp³-hybridized carbons (Fsp3) is 0.143. The van der Waals surface area contributed by atoms with Gasteiger partial charge in [0.25, 0.3) is 0 Å². The van der Waals surface area contributed by atoms with Crippen LogP contribution in [0.15, 0.2) is 16.6 Å². The lowest BCUT2D eigenvalue weighted by Crippen LogP contribution is -2.33. The van der Waals surface area contributed by atoms with Gasteiger partial charge in [0.15, 0.2) is 0 Å². The molecule has 1 aromatic rings. The Morgan fingerprint density at radius 1 is 1.46 bits per heavy atom. The van der Waals surface area contributed by atoms with Crippen molar-refractivity contribution < 1.29 is 14.8 Å². The van der Waals surface area contributed by atoms with Crippen molar-refractivity contribution in [1.82, 2.24) is 0 Å². The molecular formula is C7H7BBrIO3. The third-order valence-electron chi connectivity index (χ3n) is 1.56. The molecule has 1 rings (SSSR count). The van der Waals surface area contributed by atoms with Crippen LogP contribution in [-0.4, -0.2) is 24.3 Å². The van der Waals surface area contributed by atoms with Crippen LogP contribution < -0.4 is 10.2 Å². The van der Waals surface area contributed by atoms with Gasteiger partial charge in [-0.2, -0.15) is 0 Å². The van der Waals surface area contributed by atoms with E-state index in [1.165, 1.54) is 7.11 Å². The van der Waals surface area contributed by atoms with Crippen LogP contribution in [0.25, 0.3) is 0 Å². The van der Waals surface area contributed by atoms with Gasteiger partial charge in [-0.15, -0.1) is 0 Å². The summed E-state index contributed by atoms with van der Waals surface area (Å²) in [6, 6.07) is 3.58. The second-order valence-corrected chi connectivity index (χ2v) is 4.37. The Hall–Kier alpha value is 0.215. The Morgan fingerprint density at radius 2 is 2.08 bits per heavy atom. The van der Waals surface area contributed by atoms with E-state index < -0.39 is 7.12 Å². The third kappa shape index (κ3) is 2.36. The molecule has 0 amide bonds. The highest BCUT2D eigenvalue weighted by Gasteiger charge is 2.22. The molecular weight excluding hydrogens is 350 g/mol. The van der Waals surface area contributed by atoms with Crippen molar-refractivity contribution in [1.29, 1.82) is 0 Å². The molecule has 13 heavy (non-hydrogen) atoms. The van der Waals surface area contributed by atoms with E-state index in [9.17, 15) is 0 Å². The van der Waals surface area contributed by atoms with Crippen LogP contribution in [0.5, 0.6) is 5.75 Å². The summed E-state index contributed by atoms with van der Waals surface area (Å²) in [5, 5.41) is 18.2. The minimum absolute atomic E-state index is 0.387. The van der Waals surface area contributed by atoms with Crippen molar-refractivity contribution in [2.24, 2.45) is 0 Å². The monoisotopic (exact) mass is 356 g/mol. The van der Waals surface area contributed by atoms with Gasteiger partial charge in [-0.05, 0) is 50.7 Å². The summed E-state index contributed by atoms with van der Waals surface area (Å²) >= 11 is 5.28. The van der Waals surface area contributed by atoms with E-state index in [1.807, 2.05) is 22.6 Å². The van der Waals surface area contributed by atoms with Gasteiger partial charge in [0.05, 0.1) is 11.6 Å². The van der Waals surface area contributed by atoms with E-state index in [0.29, 0.717) is 15.7 Å². The summed E-state index contributed by atoms with van der Waals surface area (Å²) in [5.41, 5.74) is 0.387. The molecule has 2 N–H and O–H groups in total. The fourth-order valence-corrected chi connectivity index (χ4v) is 2.21. The normalized spacial score (nSPS) is 9.92. The van der Waals surface area contributed by atoms with Gasteiger partial charge < -0.3 is 14.8 Å². The maximum atomic E-state index is 9.09. The third-order valence-corrected chi connectivity index (χ3v) is 3.12. The summed E-state index contributed by atoms with van der Waals surface area (Å²) < 4.78 is 6.51. The Morgan fingerprint density at radius 3 is 2.46 bits per heavy atom. The van der Waals surface area contributed by atoms with Crippen LogP contribution in [0, 0.1) is 3.57 Å². The molecule has 0 aliphatic heterocycles. The van der Waals surface area contributed by atoms with E-state index in [2.05, 4.69) is 15.9 Å². The largest absolute Gasteiger partial charge is 0.496 e. The highest BCUT2D eigenvalue weighted by atomic mass is 127. The topological polar surface area (TPSA) is 49.7 Å². The standard InChI is InChI=1S/C7H7BBrIO3/c1-13-7-4(9)2-3-5(10)6(7)8(11)12/h2-3,11-12H,1H3. The van der Waals surface area contributed by atoms with Crippen LogP contribution >= 0.6 is 38.5 Å². The van der Waals surface area contributed by atoms with E-state index in [4.69, 9.17) is 14.8 Å². The highest BCUT2D eigenvalue weighted by Crippen LogP contribution is 2.24. The molecule has 3 nitrogen and oxygen atoms in total. The first-order chi connectivity index (χ1) is 6.07. The van der Waals surface area contributed by atoms with Crippen molar-refractivity contribution in [3.8, 4) is 5.75 Å². The SMILES string of the molecule is COc1c(Br)ccc(I)c1B(O)O. The summed E-state index contributed by atoms with van der Waals surface area (Å²) in [6.07, 6.45) is 0. The zero-order valence-corrected chi connectivity index (χ0v) is 10.5. The molecule has 0 unspecified atom stereocenters. The molecule has 0 aliphatic rings. The summed E-state index contributed by atoms with van der Waals surface area (Å²) in [5.74, 6) is 0.460. The van der Waals surface area contributed by atoms with Crippen molar-refractivity contribution >= 4 is 51.1 Å². The maximum absolute atomic E-state index is 9.09. The molecule has 70 valence electrons. The number of rotatable bonds is 2. The predicted molar refractivity (Wildman–Crippen MR) is 63.2 cm³/mol. The predicted octanol–water partition coefficient (Wildman–Crippen LogP) is 0.742. The van der Waals surface area contributed by atoms with E-state index in [1.54, 1.807) is 12.1 Å². The van der Waals surface area contributed by atoms with E-state index in [-0.39, 0.29) is 0 Å². The lowest BCUT2D eigenvalue weighted by molar-refractivity contribution is 0.401. The fourth-order valence-electron chi connectivity index (χ4n) is 0.997. The highest BCUT2D eigenvalue weighted by molar-refractivity contribution is 14.1. The van der Waals surface area contributed by atoms with Crippen LogP contribution in [0.1, 0.15) is 0 Å². The van der Waals surface area contributed by atoms with Crippen LogP contribution in [0.2, 0.25) is 0 Å².